The van der Waals surface area contributed by atoms with E-state index >= 15 is 0 Å². The van der Waals surface area contributed by atoms with Gasteiger partial charge >= 0.3 is 24.3 Å². The summed E-state index contributed by atoms with van der Waals surface area (Å²) in [5.41, 5.74) is 0.476. The molecule has 17 heteroatoms. The Morgan fingerprint density at radius 1 is 1.02 bits per heavy atom. The summed E-state index contributed by atoms with van der Waals surface area (Å²) in [5.74, 6) is -5.59. The third-order valence-corrected chi connectivity index (χ3v) is 6.67. The number of carboxylic acids is 2. The molecule has 2 aromatic rings. The van der Waals surface area contributed by atoms with Crippen LogP contribution in [0.25, 0.3) is 0 Å². The zero-order valence-electron chi connectivity index (χ0n) is 20.8. The Balaban J connectivity index is 0.000000333. The lowest BCUT2D eigenvalue weighted by molar-refractivity contribution is -0.193. The molecule has 0 bridgehead atoms. The van der Waals surface area contributed by atoms with Crippen molar-refractivity contribution in [2.24, 2.45) is 0 Å². The van der Waals surface area contributed by atoms with Crippen molar-refractivity contribution >= 4 is 40.8 Å². The summed E-state index contributed by atoms with van der Waals surface area (Å²) in [6, 6.07) is 7.95. The Morgan fingerprint density at radius 2 is 1.62 bits per heavy atom. The largest absolute Gasteiger partial charge is 0.490 e. The van der Waals surface area contributed by atoms with Crippen molar-refractivity contribution in [1.82, 2.24) is 14.8 Å². The predicted molar refractivity (Wildman–Crippen MR) is 128 cm³/mol. The second-order valence-electron chi connectivity index (χ2n) is 8.67. The number of rotatable bonds is 3. The monoisotopic (exact) mass is 598 g/mol. The molecule has 0 saturated carbocycles. The molecular formula is C23H24F6N4O6S. The van der Waals surface area contributed by atoms with E-state index in [2.05, 4.69) is 27.4 Å². The van der Waals surface area contributed by atoms with E-state index in [1.165, 1.54) is 4.88 Å². The lowest BCUT2D eigenvalue weighted by Gasteiger charge is -2.48. The summed E-state index contributed by atoms with van der Waals surface area (Å²) in [7, 11) is 0. The van der Waals surface area contributed by atoms with E-state index in [1.54, 1.807) is 40.5 Å². The molecule has 1 atom stereocenters. The van der Waals surface area contributed by atoms with Crippen LogP contribution in [-0.4, -0.2) is 92.8 Å². The van der Waals surface area contributed by atoms with Crippen LogP contribution in [0, 0.1) is 0 Å². The Kier molecular flexibility index (Phi) is 10.6. The Bertz CT molecular complexity index is 1150. The molecule has 10 nitrogen and oxygen atoms in total. The van der Waals surface area contributed by atoms with Gasteiger partial charge < -0.3 is 20.0 Å². The fraction of sp³-hybridized carbons (Fsp3) is 0.435. The number of nitrogens with zero attached hydrogens (tertiary/aromatic N) is 4. The number of carboxylic acid groups (broad SMARTS) is 2. The van der Waals surface area contributed by atoms with Crippen LogP contribution in [0.4, 0.5) is 32.0 Å². The molecule has 2 aliphatic rings. The van der Waals surface area contributed by atoms with Crippen molar-refractivity contribution in [3.63, 3.8) is 0 Å². The number of aromatic nitrogens is 1. The smallest absolute Gasteiger partial charge is 0.475 e. The first-order chi connectivity index (χ1) is 18.5. The molecular weight excluding hydrogens is 574 g/mol. The number of anilines is 1. The summed E-state index contributed by atoms with van der Waals surface area (Å²) in [4.78, 5) is 54.2. The Labute approximate surface area is 227 Å². The van der Waals surface area contributed by atoms with Gasteiger partial charge in [0.1, 0.15) is 6.54 Å². The van der Waals surface area contributed by atoms with Gasteiger partial charge in [-0.2, -0.15) is 26.3 Å². The number of hydrogen-bond donors (Lipinski definition) is 2. The van der Waals surface area contributed by atoms with Gasteiger partial charge in [0.05, 0.1) is 24.0 Å². The molecule has 0 aliphatic carbocycles. The van der Waals surface area contributed by atoms with Crippen molar-refractivity contribution in [1.29, 1.82) is 0 Å². The molecule has 1 unspecified atom stereocenters. The van der Waals surface area contributed by atoms with Gasteiger partial charge in [0.2, 0.25) is 11.8 Å². The fourth-order valence-electron chi connectivity index (χ4n) is 4.10. The molecule has 4 heterocycles. The van der Waals surface area contributed by atoms with E-state index in [9.17, 15) is 35.9 Å². The topological polar surface area (TPSA) is 131 Å². The Hall–Kier alpha value is -3.73. The van der Waals surface area contributed by atoms with Gasteiger partial charge in [0, 0.05) is 37.6 Å². The highest BCUT2D eigenvalue weighted by Crippen LogP contribution is 2.35. The number of amides is 2. The maximum Gasteiger partial charge on any atom is 0.490 e. The minimum Gasteiger partial charge on any atom is -0.475 e. The summed E-state index contributed by atoms with van der Waals surface area (Å²) in [5, 5.41) is 16.3. The maximum absolute atomic E-state index is 12.7. The second kappa shape index (κ2) is 13.1. The van der Waals surface area contributed by atoms with E-state index in [0.717, 1.165) is 31.7 Å². The van der Waals surface area contributed by atoms with E-state index in [0.29, 0.717) is 6.54 Å². The van der Waals surface area contributed by atoms with Crippen LogP contribution in [0.3, 0.4) is 0 Å². The average Bonchev–Trinajstić information content (AvgIpc) is 3.51. The third-order valence-electron chi connectivity index (χ3n) is 5.81. The number of carbonyl (C=O) groups excluding carboxylic acids is 2. The van der Waals surface area contributed by atoms with Crippen LogP contribution in [-0.2, 0) is 25.7 Å². The highest BCUT2D eigenvalue weighted by Gasteiger charge is 2.50. The molecule has 2 aliphatic heterocycles. The predicted octanol–water partition coefficient (Wildman–Crippen LogP) is 3.25. The van der Waals surface area contributed by atoms with E-state index in [4.69, 9.17) is 19.8 Å². The van der Waals surface area contributed by atoms with Gasteiger partial charge in [-0.25, -0.2) is 9.59 Å². The van der Waals surface area contributed by atoms with Gasteiger partial charge in [0.15, 0.2) is 0 Å². The molecule has 40 heavy (non-hydrogen) atoms. The number of piperazine rings is 1. The molecule has 2 N–H and O–H groups in total. The summed E-state index contributed by atoms with van der Waals surface area (Å²) in [6.45, 7) is 4.84. The zero-order valence-corrected chi connectivity index (χ0v) is 21.6. The highest BCUT2D eigenvalue weighted by atomic mass is 32.1. The third kappa shape index (κ3) is 8.90. The molecule has 0 radical (unpaired) electrons. The van der Waals surface area contributed by atoms with Crippen LogP contribution < -0.4 is 4.90 Å². The van der Waals surface area contributed by atoms with Gasteiger partial charge in [-0.15, -0.1) is 11.3 Å². The first kappa shape index (κ1) is 32.5. The van der Waals surface area contributed by atoms with Crippen LogP contribution in [0.15, 0.2) is 42.0 Å². The van der Waals surface area contributed by atoms with Crippen LogP contribution in [0.5, 0.6) is 0 Å². The van der Waals surface area contributed by atoms with Crippen molar-refractivity contribution < 1.29 is 55.7 Å². The SMILES string of the molecule is CC(=O)N1CC(=O)N(c2cccnc2)CC12CCN(Cc1cccs1)C2.O=C(O)C(F)(F)F.O=C(O)C(F)(F)F. The van der Waals surface area contributed by atoms with E-state index in [1.807, 2.05) is 12.1 Å². The molecule has 4 rings (SSSR count). The number of alkyl halides is 6. The maximum atomic E-state index is 12.7. The van der Waals surface area contributed by atoms with Gasteiger partial charge in [-0.05, 0) is 30.0 Å². The highest BCUT2D eigenvalue weighted by molar-refractivity contribution is 7.09. The first-order valence-electron chi connectivity index (χ1n) is 11.3. The van der Waals surface area contributed by atoms with Crippen molar-refractivity contribution in [3.8, 4) is 0 Å². The Morgan fingerprint density at radius 3 is 2.08 bits per heavy atom. The number of likely N-dealkylation sites (tertiary alicyclic amines) is 1. The van der Waals surface area contributed by atoms with E-state index < -0.39 is 24.3 Å². The first-order valence-corrected chi connectivity index (χ1v) is 12.2. The summed E-state index contributed by atoms with van der Waals surface area (Å²) < 4.78 is 63.5. The quantitative estimate of drug-likeness (QED) is 0.515. The average molecular weight is 599 g/mol. The van der Waals surface area contributed by atoms with Crippen LogP contribution in [0.1, 0.15) is 18.2 Å². The van der Waals surface area contributed by atoms with Crippen molar-refractivity contribution in [3.05, 3.63) is 46.9 Å². The lowest BCUT2D eigenvalue weighted by Crippen LogP contribution is -2.66. The molecule has 2 fully saturated rings. The van der Waals surface area contributed by atoms with E-state index in [-0.39, 0.29) is 23.9 Å². The molecule has 2 saturated heterocycles. The molecule has 0 aromatic carbocycles. The minimum absolute atomic E-state index is 0.0258. The fourth-order valence-corrected chi connectivity index (χ4v) is 4.84. The van der Waals surface area contributed by atoms with Crippen LogP contribution >= 0.6 is 11.3 Å². The number of pyridine rings is 1. The summed E-state index contributed by atoms with van der Waals surface area (Å²) >= 11 is 1.75. The van der Waals surface area contributed by atoms with Crippen LogP contribution in [0.2, 0.25) is 0 Å². The van der Waals surface area contributed by atoms with Crippen molar-refractivity contribution in [2.75, 3.05) is 31.1 Å². The number of aliphatic carboxylic acids is 2. The summed E-state index contributed by atoms with van der Waals surface area (Å²) in [6.07, 6.45) is -5.87. The van der Waals surface area contributed by atoms with Gasteiger partial charge in [0.25, 0.3) is 0 Å². The lowest BCUT2D eigenvalue weighted by atomic mass is 9.92. The molecule has 1 spiro atoms. The molecule has 2 amide bonds. The number of hydrogen-bond acceptors (Lipinski definition) is 7. The number of carbonyl (C=O) groups is 4. The van der Waals surface area contributed by atoms with Crippen molar-refractivity contribution in [2.45, 2.75) is 37.8 Å². The zero-order chi connectivity index (χ0) is 30.3. The van der Waals surface area contributed by atoms with Gasteiger partial charge in [-0.3, -0.25) is 19.5 Å². The number of thiophene rings is 1. The minimum atomic E-state index is -5.08. The second-order valence-corrected chi connectivity index (χ2v) is 9.70. The standard InChI is InChI=1S/C19H22N4O2S.2C2HF3O2/c1-15(24)23-12-18(25)22(16-4-2-7-20-10-16)14-19(23)6-8-21(13-19)11-17-5-3-9-26-17;2*3-2(4,5)1(6)7/h2-5,7,9-10H,6,8,11-14H2,1H3;2*(H,6,7). The molecule has 2 aromatic heterocycles. The number of halogens is 6. The van der Waals surface area contributed by atoms with Gasteiger partial charge in [-0.1, -0.05) is 6.07 Å². The molecule has 220 valence electrons. The normalized spacial score (nSPS) is 19.4.